The molecule has 3 nitrogen and oxygen atoms in total. The van der Waals surface area contributed by atoms with Gasteiger partial charge in [0.25, 0.3) is 0 Å². The molecule has 0 aliphatic heterocycles. The third-order valence-corrected chi connectivity index (χ3v) is 3.43. The predicted molar refractivity (Wildman–Crippen MR) is 81.6 cm³/mol. The van der Waals surface area contributed by atoms with Crippen molar-refractivity contribution in [3.63, 3.8) is 0 Å². The number of rotatable bonds is 5. The summed E-state index contributed by atoms with van der Waals surface area (Å²) in [5.74, 6) is -0.858. The number of nitrogens with one attached hydrogen (secondary N) is 1. The van der Waals surface area contributed by atoms with E-state index in [2.05, 4.69) is 5.32 Å². The number of anilines is 1. The van der Waals surface area contributed by atoms with Gasteiger partial charge in [0.15, 0.2) is 0 Å². The first-order valence-electron chi connectivity index (χ1n) is 6.04. The summed E-state index contributed by atoms with van der Waals surface area (Å²) in [6.45, 7) is 0.507. The molecule has 2 rings (SSSR count). The Labute approximate surface area is 127 Å². The highest BCUT2D eigenvalue weighted by Crippen LogP contribution is 2.23. The molecule has 0 radical (unpaired) electrons. The van der Waals surface area contributed by atoms with Crippen molar-refractivity contribution < 1.29 is 9.90 Å². The van der Waals surface area contributed by atoms with E-state index in [4.69, 9.17) is 28.3 Å². The van der Waals surface area contributed by atoms with Crippen LogP contribution in [0.4, 0.5) is 5.69 Å². The van der Waals surface area contributed by atoms with Crippen LogP contribution in [-0.4, -0.2) is 11.1 Å². The van der Waals surface area contributed by atoms with Gasteiger partial charge in [-0.05, 0) is 29.3 Å². The molecule has 5 heteroatoms. The Balaban J connectivity index is 2.12. The SMILES string of the molecule is O=C(O)Cc1ccccc1NCc1ccc(Cl)cc1Cl. The third-order valence-electron chi connectivity index (χ3n) is 2.84. The summed E-state index contributed by atoms with van der Waals surface area (Å²) in [6, 6.07) is 12.6. The van der Waals surface area contributed by atoms with Crippen molar-refractivity contribution in [3.8, 4) is 0 Å². The van der Waals surface area contributed by atoms with E-state index in [0.717, 1.165) is 16.8 Å². The molecule has 20 heavy (non-hydrogen) atoms. The molecule has 0 saturated carbocycles. The second-order valence-electron chi connectivity index (χ2n) is 4.32. The molecule has 0 spiro atoms. The molecule has 2 aromatic rings. The zero-order valence-electron chi connectivity index (χ0n) is 10.6. The summed E-state index contributed by atoms with van der Waals surface area (Å²) in [7, 11) is 0. The normalized spacial score (nSPS) is 10.3. The highest BCUT2D eigenvalue weighted by molar-refractivity contribution is 6.35. The second kappa shape index (κ2) is 6.64. The molecule has 2 N–H and O–H groups in total. The van der Waals surface area contributed by atoms with Crippen LogP contribution in [0.1, 0.15) is 11.1 Å². The Kier molecular flexibility index (Phi) is 4.88. The van der Waals surface area contributed by atoms with Crippen molar-refractivity contribution in [2.75, 3.05) is 5.32 Å². The topological polar surface area (TPSA) is 49.3 Å². The number of halogens is 2. The molecular formula is C15H13Cl2NO2. The fourth-order valence-electron chi connectivity index (χ4n) is 1.87. The molecule has 0 aliphatic carbocycles. The molecule has 0 unspecified atom stereocenters. The van der Waals surface area contributed by atoms with Gasteiger partial charge in [-0.15, -0.1) is 0 Å². The number of carboxylic acids is 1. The zero-order chi connectivity index (χ0) is 14.5. The van der Waals surface area contributed by atoms with Crippen molar-refractivity contribution >= 4 is 34.9 Å². The number of carboxylic acid groups (broad SMARTS) is 1. The second-order valence-corrected chi connectivity index (χ2v) is 5.16. The minimum atomic E-state index is -0.858. The maximum absolute atomic E-state index is 10.8. The standard InChI is InChI=1S/C15H13Cl2NO2/c16-12-6-5-11(13(17)8-12)9-18-14-4-2-1-3-10(14)7-15(19)20/h1-6,8,18H,7,9H2,(H,19,20). The number of benzene rings is 2. The van der Waals surface area contributed by atoms with Gasteiger partial charge < -0.3 is 10.4 Å². The molecule has 0 fully saturated rings. The molecule has 0 saturated heterocycles. The monoisotopic (exact) mass is 309 g/mol. The Bertz CT molecular complexity index is 629. The van der Waals surface area contributed by atoms with E-state index in [9.17, 15) is 4.79 Å². The van der Waals surface area contributed by atoms with Crippen molar-refractivity contribution in [1.82, 2.24) is 0 Å². The number of aliphatic carboxylic acids is 1. The van der Waals surface area contributed by atoms with E-state index in [1.54, 1.807) is 18.2 Å². The smallest absolute Gasteiger partial charge is 0.307 e. The van der Waals surface area contributed by atoms with Crippen LogP contribution in [-0.2, 0) is 17.8 Å². The lowest BCUT2D eigenvalue weighted by atomic mass is 10.1. The molecule has 0 amide bonds. The van der Waals surface area contributed by atoms with Gasteiger partial charge in [-0.25, -0.2) is 0 Å². The van der Waals surface area contributed by atoms with Crippen molar-refractivity contribution in [2.24, 2.45) is 0 Å². The Morgan fingerprint density at radius 2 is 1.85 bits per heavy atom. The number of hydrogen-bond donors (Lipinski definition) is 2. The fourth-order valence-corrected chi connectivity index (χ4v) is 2.34. The van der Waals surface area contributed by atoms with E-state index in [-0.39, 0.29) is 6.42 Å². The maximum Gasteiger partial charge on any atom is 0.307 e. The first-order valence-corrected chi connectivity index (χ1v) is 6.79. The Morgan fingerprint density at radius 3 is 2.55 bits per heavy atom. The summed E-state index contributed by atoms with van der Waals surface area (Å²) in [5, 5.41) is 13.3. The van der Waals surface area contributed by atoms with Gasteiger partial charge in [0, 0.05) is 22.3 Å². The van der Waals surface area contributed by atoms with Crippen LogP contribution < -0.4 is 5.32 Å². The van der Waals surface area contributed by atoms with Gasteiger partial charge in [-0.3, -0.25) is 4.79 Å². The van der Waals surface area contributed by atoms with E-state index < -0.39 is 5.97 Å². The van der Waals surface area contributed by atoms with Gasteiger partial charge in [0.1, 0.15) is 0 Å². The average molecular weight is 310 g/mol. The van der Waals surface area contributed by atoms with Gasteiger partial charge in [0.2, 0.25) is 0 Å². The average Bonchev–Trinajstić information content (AvgIpc) is 2.39. The molecule has 0 aromatic heterocycles. The van der Waals surface area contributed by atoms with Crippen LogP contribution in [0, 0.1) is 0 Å². The predicted octanol–water partition coefficient (Wildman–Crippen LogP) is 4.23. The van der Waals surface area contributed by atoms with Crippen LogP contribution >= 0.6 is 23.2 Å². The Morgan fingerprint density at radius 1 is 1.10 bits per heavy atom. The fraction of sp³-hybridized carbons (Fsp3) is 0.133. The van der Waals surface area contributed by atoms with Crippen LogP contribution in [0.2, 0.25) is 10.0 Å². The van der Waals surface area contributed by atoms with Gasteiger partial charge in [-0.2, -0.15) is 0 Å². The minimum absolute atomic E-state index is 0.0163. The van der Waals surface area contributed by atoms with Crippen molar-refractivity contribution in [1.29, 1.82) is 0 Å². The highest BCUT2D eigenvalue weighted by Gasteiger charge is 2.07. The van der Waals surface area contributed by atoms with Gasteiger partial charge in [-0.1, -0.05) is 47.5 Å². The lowest BCUT2D eigenvalue weighted by Gasteiger charge is -2.12. The molecule has 0 aliphatic rings. The molecule has 0 atom stereocenters. The van der Waals surface area contributed by atoms with E-state index >= 15 is 0 Å². The lowest BCUT2D eigenvalue weighted by Crippen LogP contribution is -2.06. The van der Waals surface area contributed by atoms with E-state index in [1.165, 1.54) is 0 Å². The van der Waals surface area contributed by atoms with Gasteiger partial charge >= 0.3 is 5.97 Å². The molecule has 0 heterocycles. The summed E-state index contributed by atoms with van der Waals surface area (Å²) in [5.41, 5.74) is 2.44. The zero-order valence-corrected chi connectivity index (χ0v) is 12.1. The number of hydrogen-bond acceptors (Lipinski definition) is 2. The quantitative estimate of drug-likeness (QED) is 0.869. The lowest BCUT2D eigenvalue weighted by molar-refractivity contribution is -0.136. The first-order chi connectivity index (χ1) is 9.56. The van der Waals surface area contributed by atoms with Crippen molar-refractivity contribution in [2.45, 2.75) is 13.0 Å². The van der Waals surface area contributed by atoms with Crippen molar-refractivity contribution in [3.05, 3.63) is 63.6 Å². The summed E-state index contributed by atoms with van der Waals surface area (Å²) < 4.78 is 0. The number of carbonyl (C=O) groups is 1. The number of para-hydroxylation sites is 1. The third kappa shape index (κ3) is 3.89. The van der Waals surface area contributed by atoms with Crippen LogP contribution in [0.25, 0.3) is 0 Å². The van der Waals surface area contributed by atoms with E-state index in [1.807, 2.05) is 24.3 Å². The largest absolute Gasteiger partial charge is 0.481 e. The molecule has 0 bridgehead atoms. The maximum atomic E-state index is 10.8. The summed E-state index contributed by atoms with van der Waals surface area (Å²) >= 11 is 11.9. The summed E-state index contributed by atoms with van der Waals surface area (Å²) in [4.78, 5) is 10.8. The van der Waals surface area contributed by atoms with Crippen LogP contribution in [0.15, 0.2) is 42.5 Å². The van der Waals surface area contributed by atoms with Crippen LogP contribution in [0.5, 0.6) is 0 Å². The molecular weight excluding hydrogens is 297 g/mol. The highest BCUT2D eigenvalue weighted by atomic mass is 35.5. The van der Waals surface area contributed by atoms with Gasteiger partial charge in [0.05, 0.1) is 6.42 Å². The van der Waals surface area contributed by atoms with Crippen LogP contribution in [0.3, 0.4) is 0 Å². The van der Waals surface area contributed by atoms with E-state index in [0.29, 0.717) is 16.6 Å². The summed E-state index contributed by atoms with van der Waals surface area (Å²) in [6.07, 6.45) is -0.0163. The Hall–Kier alpha value is -1.71. The minimum Gasteiger partial charge on any atom is -0.481 e. The first kappa shape index (κ1) is 14.7. The molecule has 104 valence electrons. The molecule has 2 aromatic carbocycles.